The van der Waals surface area contributed by atoms with Crippen LogP contribution in [0.2, 0.25) is 0 Å². The number of methoxy groups -OCH3 is 1. The SMILES string of the molecule is COC1CCN(C(=O)NCC(C(=O)O)c2ccccc2)C1. The van der Waals surface area contributed by atoms with Gasteiger partial charge in [0.25, 0.3) is 0 Å². The highest BCUT2D eigenvalue weighted by molar-refractivity contribution is 5.79. The van der Waals surface area contributed by atoms with Crippen LogP contribution in [0.3, 0.4) is 0 Å². The molecular formula is C15H20N2O4. The largest absolute Gasteiger partial charge is 0.481 e. The zero-order valence-electron chi connectivity index (χ0n) is 12.0. The van der Waals surface area contributed by atoms with E-state index in [9.17, 15) is 14.7 Å². The van der Waals surface area contributed by atoms with Gasteiger partial charge in [-0.1, -0.05) is 30.3 Å². The summed E-state index contributed by atoms with van der Waals surface area (Å²) in [5.74, 6) is -1.69. The van der Waals surface area contributed by atoms with E-state index in [1.54, 1.807) is 36.3 Å². The number of hydrogen-bond donors (Lipinski definition) is 2. The average molecular weight is 292 g/mol. The van der Waals surface area contributed by atoms with Crippen LogP contribution in [-0.4, -0.2) is 54.9 Å². The molecule has 1 aromatic carbocycles. The number of ether oxygens (including phenoxy) is 1. The molecule has 0 spiro atoms. The van der Waals surface area contributed by atoms with Crippen LogP contribution >= 0.6 is 0 Å². The van der Waals surface area contributed by atoms with Crippen LogP contribution < -0.4 is 5.32 Å². The highest BCUT2D eigenvalue weighted by Gasteiger charge is 2.27. The van der Waals surface area contributed by atoms with E-state index in [1.165, 1.54) is 0 Å². The minimum Gasteiger partial charge on any atom is -0.481 e. The molecule has 1 aliphatic heterocycles. The lowest BCUT2D eigenvalue weighted by atomic mass is 9.99. The Balaban J connectivity index is 1.91. The Morgan fingerprint density at radius 3 is 2.71 bits per heavy atom. The van der Waals surface area contributed by atoms with Crippen molar-refractivity contribution in [2.24, 2.45) is 0 Å². The van der Waals surface area contributed by atoms with E-state index in [1.807, 2.05) is 6.07 Å². The number of urea groups is 1. The Morgan fingerprint density at radius 2 is 2.14 bits per heavy atom. The van der Waals surface area contributed by atoms with E-state index in [0.29, 0.717) is 18.7 Å². The Bertz CT molecular complexity index is 492. The van der Waals surface area contributed by atoms with Crippen LogP contribution in [0.5, 0.6) is 0 Å². The molecule has 1 fully saturated rings. The molecule has 1 aliphatic rings. The van der Waals surface area contributed by atoms with E-state index in [-0.39, 0.29) is 18.7 Å². The molecule has 1 aromatic rings. The van der Waals surface area contributed by atoms with Gasteiger partial charge in [0.2, 0.25) is 0 Å². The van der Waals surface area contributed by atoms with Gasteiger partial charge in [0.1, 0.15) is 0 Å². The van der Waals surface area contributed by atoms with Crippen LogP contribution in [0.25, 0.3) is 0 Å². The van der Waals surface area contributed by atoms with Crippen molar-refractivity contribution in [3.8, 4) is 0 Å². The number of amides is 2. The summed E-state index contributed by atoms with van der Waals surface area (Å²) < 4.78 is 5.21. The highest BCUT2D eigenvalue weighted by Crippen LogP contribution is 2.16. The number of nitrogens with zero attached hydrogens (tertiary/aromatic N) is 1. The number of carboxylic acids is 1. The quantitative estimate of drug-likeness (QED) is 0.857. The second-order valence-electron chi connectivity index (χ2n) is 5.08. The molecule has 6 nitrogen and oxygen atoms in total. The normalized spacial score (nSPS) is 19.3. The van der Waals surface area contributed by atoms with Gasteiger partial charge in [0.05, 0.1) is 12.0 Å². The minimum atomic E-state index is -0.947. The Kier molecular flexibility index (Phi) is 5.16. The van der Waals surface area contributed by atoms with Crippen LogP contribution in [-0.2, 0) is 9.53 Å². The zero-order chi connectivity index (χ0) is 15.2. The van der Waals surface area contributed by atoms with Crippen molar-refractivity contribution in [2.75, 3.05) is 26.7 Å². The third-order valence-electron chi connectivity index (χ3n) is 3.72. The fourth-order valence-electron chi connectivity index (χ4n) is 2.44. The number of carbonyl (C=O) groups excluding carboxylic acids is 1. The summed E-state index contributed by atoms with van der Waals surface area (Å²) in [5, 5.41) is 12.0. The maximum absolute atomic E-state index is 12.0. The summed E-state index contributed by atoms with van der Waals surface area (Å²) in [6.45, 7) is 1.26. The summed E-state index contributed by atoms with van der Waals surface area (Å²) in [5.41, 5.74) is 0.682. The number of benzene rings is 1. The summed E-state index contributed by atoms with van der Waals surface area (Å²) in [4.78, 5) is 25.0. The van der Waals surface area contributed by atoms with Crippen LogP contribution in [0, 0.1) is 0 Å². The zero-order valence-corrected chi connectivity index (χ0v) is 12.0. The fraction of sp³-hybridized carbons (Fsp3) is 0.467. The van der Waals surface area contributed by atoms with Crippen LogP contribution in [0.1, 0.15) is 17.9 Å². The molecule has 6 heteroatoms. The number of rotatable bonds is 5. The molecule has 114 valence electrons. The average Bonchev–Trinajstić information content (AvgIpc) is 2.97. The molecule has 2 rings (SSSR count). The molecule has 2 amide bonds. The molecule has 2 unspecified atom stereocenters. The molecule has 0 radical (unpaired) electrons. The molecule has 2 atom stereocenters. The smallest absolute Gasteiger partial charge is 0.317 e. The molecule has 2 N–H and O–H groups in total. The second kappa shape index (κ2) is 7.08. The van der Waals surface area contributed by atoms with Crippen molar-refractivity contribution in [3.05, 3.63) is 35.9 Å². The Labute approximate surface area is 123 Å². The fourth-order valence-corrected chi connectivity index (χ4v) is 2.44. The van der Waals surface area contributed by atoms with Crippen molar-refractivity contribution in [1.82, 2.24) is 10.2 Å². The molecule has 0 aliphatic carbocycles. The molecular weight excluding hydrogens is 272 g/mol. The van der Waals surface area contributed by atoms with Crippen molar-refractivity contribution in [3.63, 3.8) is 0 Å². The Morgan fingerprint density at radius 1 is 1.43 bits per heavy atom. The highest BCUT2D eigenvalue weighted by atomic mass is 16.5. The van der Waals surface area contributed by atoms with Gasteiger partial charge in [-0.05, 0) is 12.0 Å². The minimum absolute atomic E-state index is 0.0696. The summed E-state index contributed by atoms with van der Waals surface area (Å²) in [7, 11) is 1.63. The lowest BCUT2D eigenvalue weighted by molar-refractivity contribution is -0.138. The van der Waals surface area contributed by atoms with Gasteiger partial charge in [0, 0.05) is 26.7 Å². The first kappa shape index (κ1) is 15.3. The maximum atomic E-state index is 12.0. The van der Waals surface area contributed by atoms with Gasteiger partial charge < -0.3 is 20.1 Å². The number of carboxylic acid groups (broad SMARTS) is 1. The molecule has 0 saturated carbocycles. The number of nitrogens with one attached hydrogen (secondary N) is 1. The van der Waals surface area contributed by atoms with E-state index in [4.69, 9.17) is 4.74 Å². The van der Waals surface area contributed by atoms with E-state index in [0.717, 1.165) is 6.42 Å². The van der Waals surface area contributed by atoms with E-state index >= 15 is 0 Å². The summed E-state index contributed by atoms with van der Waals surface area (Å²) in [6.07, 6.45) is 0.880. The molecule has 21 heavy (non-hydrogen) atoms. The lowest BCUT2D eigenvalue weighted by Gasteiger charge is -2.19. The second-order valence-corrected chi connectivity index (χ2v) is 5.08. The monoisotopic (exact) mass is 292 g/mol. The van der Waals surface area contributed by atoms with Crippen molar-refractivity contribution in [2.45, 2.75) is 18.4 Å². The molecule has 1 saturated heterocycles. The number of aliphatic carboxylic acids is 1. The van der Waals surface area contributed by atoms with E-state index < -0.39 is 11.9 Å². The molecule has 0 bridgehead atoms. The first-order chi connectivity index (χ1) is 10.1. The van der Waals surface area contributed by atoms with Gasteiger partial charge in [0.15, 0.2) is 0 Å². The number of likely N-dealkylation sites (tertiary alicyclic amines) is 1. The van der Waals surface area contributed by atoms with Gasteiger partial charge in [-0.15, -0.1) is 0 Å². The Hall–Kier alpha value is -2.08. The van der Waals surface area contributed by atoms with Gasteiger partial charge in [-0.3, -0.25) is 4.79 Å². The van der Waals surface area contributed by atoms with Crippen LogP contribution in [0.15, 0.2) is 30.3 Å². The molecule has 0 aromatic heterocycles. The van der Waals surface area contributed by atoms with Crippen LogP contribution in [0.4, 0.5) is 4.79 Å². The topological polar surface area (TPSA) is 78.9 Å². The first-order valence-electron chi connectivity index (χ1n) is 6.95. The van der Waals surface area contributed by atoms with E-state index in [2.05, 4.69) is 5.32 Å². The standard InChI is InChI=1S/C15H20N2O4/c1-21-12-7-8-17(10-12)15(20)16-9-13(14(18)19)11-5-3-2-4-6-11/h2-6,12-13H,7-10H2,1H3,(H,16,20)(H,18,19). The maximum Gasteiger partial charge on any atom is 0.317 e. The predicted molar refractivity (Wildman–Crippen MR) is 77.2 cm³/mol. The van der Waals surface area contributed by atoms with Crippen molar-refractivity contribution in [1.29, 1.82) is 0 Å². The van der Waals surface area contributed by atoms with Gasteiger partial charge >= 0.3 is 12.0 Å². The summed E-state index contributed by atoms with van der Waals surface area (Å²) >= 11 is 0. The number of hydrogen-bond acceptors (Lipinski definition) is 3. The van der Waals surface area contributed by atoms with Gasteiger partial charge in [-0.2, -0.15) is 0 Å². The van der Waals surface area contributed by atoms with Gasteiger partial charge in [-0.25, -0.2) is 4.79 Å². The first-order valence-corrected chi connectivity index (χ1v) is 6.95. The third kappa shape index (κ3) is 3.95. The number of carbonyl (C=O) groups is 2. The predicted octanol–water partition coefficient (Wildman–Crippen LogP) is 1.29. The summed E-state index contributed by atoms with van der Waals surface area (Å²) in [6, 6.07) is 8.67. The van der Waals surface area contributed by atoms with Crippen molar-refractivity contribution < 1.29 is 19.4 Å². The van der Waals surface area contributed by atoms with Crippen molar-refractivity contribution >= 4 is 12.0 Å². The third-order valence-corrected chi connectivity index (χ3v) is 3.72. The molecule has 1 heterocycles. The lowest BCUT2D eigenvalue weighted by Crippen LogP contribution is -2.41.